The molecule has 0 bridgehead atoms. The Hall–Kier alpha value is -3.42. The van der Waals surface area contributed by atoms with Crippen molar-refractivity contribution in [3.8, 4) is 22.5 Å². The maximum absolute atomic E-state index is 6.22. The Morgan fingerprint density at radius 3 is 2.21 bits per heavy atom. The van der Waals surface area contributed by atoms with Gasteiger partial charge >= 0.3 is 0 Å². The average Bonchev–Trinajstić information content (AvgIpc) is 3.29. The maximum Gasteiger partial charge on any atom is 0.125 e. The summed E-state index contributed by atoms with van der Waals surface area (Å²) in [5, 5.41) is 3.26. The molecule has 0 spiro atoms. The third-order valence-corrected chi connectivity index (χ3v) is 5.16. The molecule has 33 heavy (non-hydrogen) atoms. The van der Waals surface area contributed by atoms with Crippen LogP contribution in [0, 0.1) is 0 Å². The lowest BCUT2D eigenvalue weighted by Crippen LogP contribution is -2.19. The molecule has 0 fully saturated rings. The second-order valence-electron chi connectivity index (χ2n) is 8.50. The van der Waals surface area contributed by atoms with Gasteiger partial charge < -0.3 is 25.8 Å². The molecule has 7 nitrogen and oxygen atoms in total. The number of hydrogen-bond donors (Lipinski definition) is 3. The fourth-order valence-electron chi connectivity index (χ4n) is 3.26. The highest BCUT2D eigenvalue weighted by Gasteiger charge is 2.07. The normalized spacial score (nSPS) is 12.2. The van der Waals surface area contributed by atoms with Crippen LogP contribution in [-0.2, 0) is 0 Å². The molecule has 0 aliphatic rings. The molecule has 0 radical (unpaired) electrons. The van der Waals surface area contributed by atoms with Gasteiger partial charge in [-0.3, -0.25) is 9.98 Å². The molecule has 1 aromatic heterocycles. The number of nitrogens with two attached hydrogens (primary N) is 1. The summed E-state index contributed by atoms with van der Waals surface area (Å²) < 4.78 is 0. The summed E-state index contributed by atoms with van der Waals surface area (Å²) in [5.41, 5.74) is 12.4. The van der Waals surface area contributed by atoms with Crippen molar-refractivity contribution in [1.29, 1.82) is 0 Å². The summed E-state index contributed by atoms with van der Waals surface area (Å²) in [7, 11) is 8.15. The van der Waals surface area contributed by atoms with Crippen molar-refractivity contribution in [3.63, 3.8) is 0 Å². The third-order valence-electron chi connectivity index (χ3n) is 5.16. The molecule has 4 N–H and O–H groups in total. The van der Waals surface area contributed by atoms with Gasteiger partial charge in [-0.15, -0.1) is 0 Å². The highest BCUT2D eigenvalue weighted by atomic mass is 15.1. The van der Waals surface area contributed by atoms with Crippen molar-refractivity contribution in [2.24, 2.45) is 15.7 Å². The van der Waals surface area contributed by atoms with Gasteiger partial charge in [-0.25, -0.2) is 0 Å². The van der Waals surface area contributed by atoms with E-state index in [1.54, 1.807) is 6.34 Å². The smallest absolute Gasteiger partial charge is 0.125 e. The predicted molar refractivity (Wildman–Crippen MR) is 141 cm³/mol. The molecule has 3 rings (SSSR count). The van der Waals surface area contributed by atoms with Gasteiger partial charge in [0.05, 0.1) is 19.4 Å². The van der Waals surface area contributed by atoms with E-state index < -0.39 is 0 Å². The van der Waals surface area contributed by atoms with Crippen LogP contribution >= 0.6 is 0 Å². The largest absolute Gasteiger partial charge is 0.384 e. The first-order valence-electron chi connectivity index (χ1n) is 11.2. The molecule has 0 aliphatic carbocycles. The lowest BCUT2D eigenvalue weighted by Gasteiger charge is -2.08. The minimum absolute atomic E-state index is 0.566. The molecule has 174 valence electrons. The molecule has 0 amide bonds. The molecule has 0 atom stereocenters. The zero-order valence-corrected chi connectivity index (χ0v) is 20.0. The Labute approximate surface area is 197 Å². The van der Waals surface area contributed by atoms with Crippen molar-refractivity contribution < 1.29 is 0 Å². The van der Waals surface area contributed by atoms with Crippen LogP contribution < -0.4 is 11.1 Å². The Morgan fingerprint density at radius 2 is 1.52 bits per heavy atom. The van der Waals surface area contributed by atoms with Gasteiger partial charge in [0.15, 0.2) is 0 Å². The second kappa shape index (κ2) is 12.0. The zero-order chi connectivity index (χ0) is 23.6. The highest BCUT2D eigenvalue weighted by molar-refractivity contribution is 5.98. The van der Waals surface area contributed by atoms with E-state index in [1.807, 2.05) is 52.5 Å². The highest BCUT2D eigenvalue weighted by Crippen LogP contribution is 2.26. The van der Waals surface area contributed by atoms with Crippen LogP contribution in [0.3, 0.4) is 0 Å². The molecule has 0 aliphatic heterocycles. The van der Waals surface area contributed by atoms with Crippen LogP contribution in [0.4, 0.5) is 5.69 Å². The third kappa shape index (κ3) is 7.59. The number of nitrogens with one attached hydrogen (secondary N) is 2. The first-order valence-corrected chi connectivity index (χ1v) is 11.2. The van der Waals surface area contributed by atoms with E-state index in [-0.39, 0.29) is 0 Å². The average molecular weight is 446 g/mol. The standard InChI is InChI=1S/C26H35N7/c1-32(2)15-13-28-19-30-23-10-6-8-21(18-23)25-12-11-24(31-25)20-7-5-9-22(17-20)26(27)29-14-16-33(3)4/h5-12,17-19,31H,13-16H2,1-4H3,(H2,27,29)(H,28,30). The van der Waals surface area contributed by atoms with Crippen LogP contribution in [-0.4, -0.2) is 81.3 Å². The number of amidine groups is 1. The van der Waals surface area contributed by atoms with Gasteiger partial charge in [0.25, 0.3) is 0 Å². The predicted octanol–water partition coefficient (Wildman–Crippen LogP) is 3.62. The molecule has 0 unspecified atom stereocenters. The summed E-state index contributed by atoms with van der Waals surface area (Å²) in [5.74, 6) is 0.566. The van der Waals surface area contributed by atoms with E-state index in [0.29, 0.717) is 12.4 Å². The Balaban J connectivity index is 1.70. The summed E-state index contributed by atoms with van der Waals surface area (Å²) in [6.07, 6.45) is 1.76. The number of likely N-dealkylation sites (N-methyl/N-ethyl adjacent to an activating group) is 2. The number of hydrogen-bond acceptors (Lipinski definition) is 4. The van der Waals surface area contributed by atoms with Crippen molar-refractivity contribution in [2.45, 2.75) is 0 Å². The van der Waals surface area contributed by atoms with E-state index in [9.17, 15) is 0 Å². The maximum atomic E-state index is 6.22. The fraction of sp³-hybridized carbons (Fsp3) is 0.308. The number of benzene rings is 2. The molecule has 3 aromatic rings. The number of H-pyrrole nitrogens is 1. The van der Waals surface area contributed by atoms with Crippen molar-refractivity contribution >= 4 is 17.9 Å². The SMILES string of the molecule is CN(C)CCN=CNc1cccc(-c2ccc(-c3cccc(C(N)=NCCN(C)C)c3)[nH]2)c1. The van der Waals surface area contributed by atoms with E-state index in [4.69, 9.17) is 5.73 Å². The fourth-order valence-corrected chi connectivity index (χ4v) is 3.26. The van der Waals surface area contributed by atoms with Gasteiger partial charge in [0.1, 0.15) is 5.84 Å². The molecule has 7 heteroatoms. The minimum Gasteiger partial charge on any atom is -0.384 e. The van der Waals surface area contributed by atoms with Crippen LogP contribution in [0.25, 0.3) is 22.5 Å². The van der Waals surface area contributed by atoms with E-state index in [1.165, 1.54) is 0 Å². The van der Waals surface area contributed by atoms with Gasteiger partial charge in [-0.2, -0.15) is 0 Å². The van der Waals surface area contributed by atoms with Gasteiger partial charge in [-0.1, -0.05) is 30.3 Å². The zero-order valence-electron chi connectivity index (χ0n) is 20.0. The molecule has 2 aromatic carbocycles. The number of aromatic nitrogens is 1. The van der Waals surface area contributed by atoms with Gasteiger partial charge in [0.2, 0.25) is 0 Å². The van der Waals surface area contributed by atoms with Gasteiger partial charge in [-0.05, 0) is 69.6 Å². The van der Waals surface area contributed by atoms with Crippen LogP contribution in [0.2, 0.25) is 0 Å². The summed E-state index contributed by atoms with van der Waals surface area (Å²) in [4.78, 5) is 16.6. The molecular weight excluding hydrogens is 410 g/mol. The Morgan fingerprint density at radius 1 is 0.879 bits per heavy atom. The molecule has 0 saturated heterocycles. The Bertz CT molecular complexity index is 1080. The van der Waals surface area contributed by atoms with Crippen LogP contribution in [0.15, 0.2) is 70.6 Å². The monoisotopic (exact) mass is 445 g/mol. The second-order valence-corrected chi connectivity index (χ2v) is 8.50. The topological polar surface area (TPSA) is 85.0 Å². The first kappa shape index (κ1) is 24.2. The quantitative estimate of drug-likeness (QED) is 0.311. The van der Waals surface area contributed by atoms with Crippen molar-refractivity contribution in [2.75, 3.05) is 59.7 Å². The van der Waals surface area contributed by atoms with Crippen LogP contribution in [0.5, 0.6) is 0 Å². The first-order chi connectivity index (χ1) is 15.9. The summed E-state index contributed by atoms with van der Waals surface area (Å²) >= 11 is 0. The number of nitrogens with zero attached hydrogens (tertiary/aromatic N) is 4. The summed E-state index contributed by atoms with van der Waals surface area (Å²) in [6.45, 7) is 3.25. The summed E-state index contributed by atoms with van der Waals surface area (Å²) in [6, 6.07) is 20.6. The van der Waals surface area contributed by atoms with Gasteiger partial charge in [0, 0.05) is 35.7 Å². The van der Waals surface area contributed by atoms with E-state index >= 15 is 0 Å². The number of aliphatic imine (C=N–C) groups is 2. The number of anilines is 1. The van der Waals surface area contributed by atoms with E-state index in [2.05, 4.69) is 66.5 Å². The number of rotatable bonds is 11. The van der Waals surface area contributed by atoms with E-state index in [0.717, 1.165) is 53.4 Å². The lowest BCUT2D eigenvalue weighted by molar-refractivity contribution is 0.420. The van der Waals surface area contributed by atoms with Crippen molar-refractivity contribution in [1.82, 2.24) is 14.8 Å². The Kier molecular flexibility index (Phi) is 8.80. The lowest BCUT2D eigenvalue weighted by atomic mass is 10.1. The molecule has 1 heterocycles. The minimum atomic E-state index is 0.566. The molecular formula is C26H35N7. The molecule has 0 saturated carbocycles. The number of aromatic amines is 1. The van der Waals surface area contributed by atoms with Crippen molar-refractivity contribution in [3.05, 3.63) is 66.2 Å². The van der Waals surface area contributed by atoms with Crippen LogP contribution in [0.1, 0.15) is 5.56 Å².